The highest BCUT2D eigenvalue weighted by atomic mass is 19.2. The maximum absolute atomic E-state index is 14.0. The highest BCUT2D eigenvalue weighted by molar-refractivity contribution is 5.33. The van der Waals surface area contributed by atoms with Crippen LogP contribution < -0.4 is 4.74 Å². The molecule has 0 aliphatic heterocycles. The number of hydrogen-bond acceptors (Lipinski definition) is 2. The van der Waals surface area contributed by atoms with Gasteiger partial charge in [-0.25, -0.2) is 4.39 Å². The summed E-state index contributed by atoms with van der Waals surface area (Å²) in [5, 5.41) is 0. The van der Waals surface area contributed by atoms with E-state index in [0.717, 1.165) is 25.7 Å². The molecule has 0 amide bonds. The quantitative estimate of drug-likeness (QED) is 0.762. The fourth-order valence-electron chi connectivity index (χ4n) is 2.83. The van der Waals surface area contributed by atoms with Crippen LogP contribution >= 0.6 is 0 Å². The van der Waals surface area contributed by atoms with Gasteiger partial charge in [0.15, 0.2) is 11.6 Å². The maximum atomic E-state index is 14.0. The van der Waals surface area contributed by atoms with Crippen LogP contribution in [0.3, 0.4) is 0 Å². The summed E-state index contributed by atoms with van der Waals surface area (Å²) < 4.78 is 37.5. The molecule has 0 unspecified atom stereocenters. The van der Waals surface area contributed by atoms with Gasteiger partial charge in [0, 0.05) is 0 Å². The van der Waals surface area contributed by atoms with Crippen LogP contribution in [-0.4, -0.2) is 14.2 Å². The number of ether oxygens (including phenoxy) is 2. The summed E-state index contributed by atoms with van der Waals surface area (Å²) in [6.07, 6.45) is 7.40. The van der Waals surface area contributed by atoms with Gasteiger partial charge in [-0.1, -0.05) is 6.07 Å². The molecule has 1 fully saturated rings. The van der Waals surface area contributed by atoms with Crippen LogP contribution in [0.25, 0.3) is 0 Å². The molecule has 110 valence electrons. The molecule has 2 nitrogen and oxygen atoms in total. The minimum absolute atomic E-state index is 0.0389. The van der Waals surface area contributed by atoms with Crippen LogP contribution in [-0.2, 0) is 4.74 Å². The third-order valence-corrected chi connectivity index (χ3v) is 4.00. The molecular weight excluding hydrogens is 262 g/mol. The van der Waals surface area contributed by atoms with Crippen molar-refractivity contribution in [3.63, 3.8) is 0 Å². The van der Waals surface area contributed by atoms with Crippen molar-refractivity contribution < 1.29 is 18.3 Å². The molecular formula is C16H20F2O2. The topological polar surface area (TPSA) is 18.5 Å². The minimum Gasteiger partial charge on any atom is -0.505 e. The van der Waals surface area contributed by atoms with Crippen LogP contribution in [0.1, 0.15) is 37.2 Å². The van der Waals surface area contributed by atoms with Crippen LogP contribution in [0.2, 0.25) is 0 Å². The Morgan fingerprint density at radius 2 is 1.75 bits per heavy atom. The van der Waals surface area contributed by atoms with Crippen molar-refractivity contribution >= 4 is 0 Å². The summed E-state index contributed by atoms with van der Waals surface area (Å²) in [5.41, 5.74) is 0.470. The van der Waals surface area contributed by atoms with Crippen LogP contribution in [0.5, 0.6) is 5.75 Å². The van der Waals surface area contributed by atoms with Crippen molar-refractivity contribution in [2.24, 2.45) is 5.92 Å². The summed E-state index contributed by atoms with van der Waals surface area (Å²) in [6, 6.07) is 3.15. The predicted octanol–water partition coefficient (Wildman–Crippen LogP) is 4.41. The van der Waals surface area contributed by atoms with Gasteiger partial charge in [0.1, 0.15) is 0 Å². The molecule has 2 rings (SSSR count). The third kappa shape index (κ3) is 3.11. The molecule has 0 bridgehead atoms. The van der Waals surface area contributed by atoms with Gasteiger partial charge < -0.3 is 9.47 Å². The predicted molar refractivity (Wildman–Crippen MR) is 73.8 cm³/mol. The third-order valence-electron chi connectivity index (χ3n) is 4.00. The zero-order chi connectivity index (χ0) is 14.5. The Kier molecular flexibility index (Phi) is 4.99. The van der Waals surface area contributed by atoms with Crippen molar-refractivity contribution in [3.8, 4) is 5.75 Å². The molecule has 1 saturated carbocycles. The summed E-state index contributed by atoms with van der Waals surface area (Å²) in [4.78, 5) is 0. The lowest BCUT2D eigenvalue weighted by molar-refractivity contribution is 0.319. The summed E-state index contributed by atoms with van der Waals surface area (Å²) in [6.45, 7) is 0. The van der Waals surface area contributed by atoms with E-state index >= 15 is 0 Å². The number of methoxy groups -OCH3 is 2. The van der Waals surface area contributed by atoms with Gasteiger partial charge in [0.05, 0.1) is 20.5 Å². The average molecular weight is 282 g/mol. The maximum Gasteiger partial charge on any atom is 0.200 e. The van der Waals surface area contributed by atoms with Gasteiger partial charge in [-0.05, 0) is 55.2 Å². The molecule has 1 aromatic rings. The standard InChI is InChI=1S/C16H20F2O2/c1-19-10-9-11-3-5-12(6-4-11)13-7-8-14(20-2)16(18)15(13)17/h7-12H,3-6H2,1-2H3. The SMILES string of the molecule is COC=CC1CCC(c2ccc(OC)c(F)c2F)CC1. The van der Waals surface area contributed by atoms with Gasteiger partial charge >= 0.3 is 0 Å². The average Bonchev–Trinajstić information content (AvgIpc) is 2.48. The van der Waals surface area contributed by atoms with Crippen LogP contribution in [0, 0.1) is 17.6 Å². The van der Waals surface area contributed by atoms with E-state index in [9.17, 15) is 8.78 Å². The van der Waals surface area contributed by atoms with Crippen molar-refractivity contribution in [2.75, 3.05) is 14.2 Å². The Labute approximate surface area is 118 Å². The first-order valence-electron chi connectivity index (χ1n) is 6.88. The minimum atomic E-state index is -0.883. The second-order valence-corrected chi connectivity index (χ2v) is 5.16. The molecule has 0 radical (unpaired) electrons. The van der Waals surface area contributed by atoms with Gasteiger partial charge in [-0.2, -0.15) is 4.39 Å². The Morgan fingerprint density at radius 3 is 2.35 bits per heavy atom. The molecule has 0 atom stereocenters. The van der Waals surface area contributed by atoms with Gasteiger partial charge in [0.25, 0.3) is 0 Å². The largest absolute Gasteiger partial charge is 0.505 e. The van der Waals surface area contributed by atoms with E-state index in [1.165, 1.54) is 13.2 Å². The molecule has 1 aliphatic carbocycles. The molecule has 0 N–H and O–H groups in total. The molecule has 0 heterocycles. The summed E-state index contributed by atoms with van der Waals surface area (Å²) in [5.74, 6) is -1.13. The highest BCUT2D eigenvalue weighted by Gasteiger charge is 2.25. The lowest BCUT2D eigenvalue weighted by Gasteiger charge is -2.27. The Balaban J connectivity index is 2.07. The first-order valence-corrected chi connectivity index (χ1v) is 6.88. The smallest absolute Gasteiger partial charge is 0.200 e. The van der Waals surface area contributed by atoms with E-state index < -0.39 is 11.6 Å². The number of hydrogen-bond donors (Lipinski definition) is 0. The van der Waals surface area contributed by atoms with Gasteiger partial charge in [-0.15, -0.1) is 0 Å². The fourth-order valence-corrected chi connectivity index (χ4v) is 2.83. The van der Waals surface area contributed by atoms with E-state index in [-0.39, 0.29) is 11.7 Å². The van der Waals surface area contributed by atoms with Crippen LogP contribution in [0.15, 0.2) is 24.5 Å². The Hall–Kier alpha value is -1.58. The van der Waals surface area contributed by atoms with E-state index in [1.54, 1.807) is 19.4 Å². The second kappa shape index (κ2) is 6.73. The van der Waals surface area contributed by atoms with Gasteiger partial charge in [-0.3, -0.25) is 0 Å². The normalized spacial score (nSPS) is 23.0. The zero-order valence-corrected chi connectivity index (χ0v) is 11.9. The molecule has 20 heavy (non-hydrogen) atoms. The summed E-state index contributed by atoms with van der Waals surface area (Å²) in [7, 11) is 2.96. The molecule has 1 aromatic carbocycles. The number of halogens is 2. The van der Waals surface area contributed by atoms with E-state index in [0.29, 0.717) is 11.5 Å². The van der Waals surface area contributed by atoms with Crippen LogP contribution in [0.4, 0.5) is 8.78 Å². The fraction of sp³-hybridized carbons (Fsp3) is 0.500. The Bertz CT molecular complexity index is 478. The summed E-state index contributed by atoms with van der Waals surface area (Å²) >= 11 is 0. The number of allylic oxidation sites excluding steroid dienone is 1. The Morgan fingerprint density at radius 1 is 1.05 bits per heavy atom. The van der Waals surface area contributed by atoms with E-state index in [2.05, 4.69) is 0 Å². The first-order chi connectivity index (χ1) is 9.67. The zero-order valence-electron chi connectivity index (χ0n) is 11.9. The van der Waals surface area contributed by atoms with Crippen molar-refractivity contribution in [1.82, 2.24) is 0 Å². The molecule has 0 aromatic heterocycles. The molecule has 0 saturated heterocycles. The molecule has 4 heteroatoms. The second-order valence-electron chi connectivity index (χ2n) is 5.16. The molecule has 0 spiro atoms. The monoisotopic (exact) mass is 282 g/mol. The van der Waals surface area contributed by atoms with Crippen molar-refractivity contribution in [3.05, 3.63) is 41.7 Å². The van der Waals surface area contributed by atoms with E-state index in [1.807, 2.05) is 6.08 Å². The highest BCUT2D eigenvalue weighted by Crippen LogP contribution is 2.38. The first kappa shape index (κ1) is 14.8. The van der Waals surface area contributed by atoms with Gasteiger partial charge in [0.2, 0.25) is 5.82 Å². The van der Waals surface area contributed by atoms with Crippen molar-refractivity contribution in [1.29, 1.82) is 0 Å². The van der Waals surface area contributed by atoms with Crippen molar-refractivity contribution in [2.45, 2.75) is 31.6 Å². The lowest BCUT2D eigenvalue weighted by atomic mass is 9.78. The lowest BCUT2D eigenvalue weighted by Crippen LogP contribution is -2.13. The number of benzene rings is 1. The number of rotatable bonds is 4. The molecule has 1 aliphatic rings. The van der Waals surface area contributed by atoms with E-state index in [4.69, 9.17) is 9.47 Å².